The maximum Gasteiger partial charge on any atom is 0.280 e. The molecule has 2 atom stereocenters. The summed E-state index contributed by atoms with van der Waals surface area (Å²) < 4.78 is 34.3. The van der Waals surface area contributed by atoms with Gasteiger partial charge in [-0.15, -0.1) is 0 Å². The fourth-order valence-corrected chi connectivity index (χ4v) is 4.40. The number of hydrogen-bond acceptors (Lipinski definition) is 4. The Balaban J connectivity index is 1.65. The summed E-state index contributed by atoms with van der Waals surface area (Å²) in [4.78, 5) is 11.1. The zero-order chi connectivity index (χ0) is 14.9. The lowest BCUT2D eigenvalue weighted by Gasteiger charge is -2.23. The number of carbonyl (C=O) groups is 1. The van der Waals surface area contributed by atoms with Crippen LogP contribution in [0, 0.1) is 0 Å². The van der Waals surface area contributed by atoms with Crippen molar-refractivity contribution in [1.29, 1.82) is 0 Å². The highest BCUT2D eigenvalue weighted by atomic mass is 32.2. The van der Waals surface area contributed by atoms with E-state index in [4.69, 9.17) is 4.42 Å². The van der Waals surface area contributed by atoms with Crippen molar-refractivity contribution in [3.05, 3.63) is 24.2 Å². The molecule has 0 radical (unpaired) electrons. The van der Waals surface area contributed by atoms with Gasteiger partial charge in [-0.3, -0.25) is 4.79 Å². The maximum absolute atomic E-state index is 12.4. The molecule has 0 bridgehead atoms. The molecule has 1 aromatic rings. The predicted octanol–water partition coefficient (Wildman–Crippen LogP) is 0.529. The van der Waals surface area contributed by atoms with Crippen molar-refractivity contribution >= 4 is 16.1 Å². The molecule has 1 aromatic heterocycles. The average Bonchev–Trinajstić information content (AvgIpc) is 3.17. The molecule has 1 amide bonds. The minimum atomic E-state index is -3.57. The van der Waals surface area contributed by atoms with Crippen LogP contribution in [0.5, 0.6) is 0 Å². The summed E-state index contributed by atoms with van der Waals surface area (Å²) >= 11 is 0. The number of rotatable bonds is 5. The molecule has 2 aliphatic heterocycles. The van der Waals surface area contributed by atoms with Crippen LogP contribution < -0.4 is 10.0 Å². The highest BCUT2D eigenvalue weighted by Crippen LogP contribution is 2.33. The molecule has 3 rings (SSSR count). The van der Waals surface area contributed by atoms with Crippen molar-refractivity contribution in [2.75, 3.05) is 13.1 Å². The summed E-state index contributed by atoms with van der Waals surface area (Å²) in [7, 11) is -3.57. The molecule has 3 heterocycles. The normalized spacial score (nSPS) is 27.1. The third-order valence-electron chi connectivity index (χ3n) is 3.98. The summed E-state index contributed by atoms with van der Waals surface area (Å²) in [6.45, 7) is 0.715. The van der Waals surface area contributed by atoms with Crippen LogP contribution in [-0.4, -0.2) is 37.8 Å². The van der Waals surface area contributed by atoms with Crippen LogP contribution in [0.3, 0.4) is 0 Å². The molecule has 8 heteroatoms. The Morgan fingerprint density at radius 1 is 1.43 bits per heavy atom. The van der Waals surface area contributed by atoms with Gasteiger partial charge in [0.2, 0.25) is 5.91 Å². The highest BCUT2D eigenvalue weighted by molar-refractivity contribution is 7.87. The van der Waals surface area contributed by atoms with Gasteiger partial charge in [0.05, 0.1) is 12.3 Å². The second kappa shape index (κ2) is 5.78. The first-order chi connectivity index (χ1) is 10.1. The zero-order valence-electron chi connectivity index (χ0n) is 11.6. The zero-order valence-corrected chi connectivity index (χ0v) is 12.4. The van der Waals surface area contributed by atoms with Crippen LogP contribution >= 0.6 is 0 Å². The van der Waals surface area contributed by atoms with Crippen LogP contribution in [0.15, 0.2) is 22.8 Å². The van der Waals surface area contributed by atoms with Crippen molar-refractivity contribution in [2.24, 2.45) is 0 Å². The molecule has 2 N–H and O–H groups in total. The molecule has 0 saturated carbocycles. The number of nitrogens with one attached hydrogen (secondary N) is 2. The van der Waals surface area contributed by atoms with E-state index < -0.39 is 10.2 Å². The minimum Gasteiger partial charge on any atom is -0.468 e. The Morgan fingerprint density at radius 2 is 2.29 bits per heavy atom. The van der Waals surface area contributed by atoms with Crippen molar-refractivity contribution in [3.63, 3.8) is 0 Å². The van der Waals surface area contributed by atoms with Crippen LogP contribution in [0.1, 0.15) is 37.5 Å². The van der Waals surface area contributed by atoms with Gasteiger partial charge in [0.1, 0.15) is 5.76 Å². The Hall–Kier alpha value is -1.38. The number of nitrogens with zero attached hydrogens (tertiary/aromatic N) is 1. The van der Waals surface area contributed by atoms with Gasteiger partial charge in [0.25, 0.3) is 10.2 Å². The standard InChI is InChI=1S/C13H19N3O4S/c17-13-6-5-10(15-13)9-14-21(18,19)16-7-1-3-11(16)12-4-2-8-20-12/h2,4,8,10-11,14H,1,3,5-7,9H2,(H,15,17). The summed E-state index contributed by atoms with van der Waals surface area (Å²) in [6, 6.07) is 3.21. The van der Waals surface area contributed by atoms with E-state index in [0.717, 1.165) is 12.8 Å². The van der Waals surface area contributed by atoms with Gasteiger partial charge in [-0.25, -0.2) is 4.72 Å². The number of carbonyl (C=O) groups excluding carboxylic acids is 1. The predicted molar refractivity (Wildman–Crippen MR) is 75.5 cm³/mol. The number of hydrogen-bond donors (Lipinski definition) is 2. The molecule has 2 fully saturated rings. The molecule has 2 unspecified atom stereocenters. The second-order valence-corrected chi connectivity index (χ2v) is 7.15. The van der Waals surface area contributed by atoms with E-state index in [9.17, 15) is 13.2 Å². The van der Waals surface area contributed by atoms with Crippen molar-refractivity contribution in [2.45, 2.75) is 37.8 Å². The second-order valence-electron chi connectivity index (χ2n) is 5.44. The van der Waals surface area contributed by atoms with Crippen molar-refractivity contribution in [1.82, 2.24) is 14.3 Å². The SMILES string of the molecule is O=C1CCC(CNS(=O)(=O)N2CCCC2c2ccco2)N1. The van der Waals surface area contributed by atoms with E-state index in [1.54, 1.807) is 18.4 Å². The first kappa shape index (κ1) is 14.6. The first-order valence-corrected chi connectivity index (χ1v) is 8.59. The Kier molecular flexibility index (Phi) is 4.01. The smallest absolute Gasteiger partial charge is 0.280 e. The summed E-state index contributed by atoms with van der Waals surface area (Å²) in [5.74, 6) is 0.654. The van der Waals surface area contributed by atoms with Gasteiger partial charge in [-0.1, -0.05) is 0 Å². The van der Waals surface area contributed by atoms with Crippen LogP contribution in [0.25, 0.3) is 0 Å². The van der Waals surface area contributed by atoms with Gasteiger partial charge in [0.15, 0.2) is 0 Å². The van der Waals surface area contributed by atoms with E-state index in [1.807, 2.05) is 0 Å². The average molecular weight is 313 g/mol. The molecule has 0 aromatic carbocycles. The third kappa shape index (κ3) is 3.12. The van der Waals surface area contributed by atoms with E-state index >= 15 is 0 Å². The fourth-order valence-electron chi connectivity index (χ4n) is 2.91. The molecule has 0 spiro atoms. The summed E-state index contributed by atoms with van der Waals surface area (Å²) in [5, 5.41) is 2.75. The Bertz CT molecular complexity index is 599. The van der Waals surface area contributed by atoms with E-state index in [1.165, 1.54) is 4.31 Å². The van der Waals surface area contributed by atoms with Gasteiger partial charge in [-0.2, -0.15) is 12.7 Å². The quantitative estimate of drug-likeness (QED) is 0.829. The molecular weight excluding hydrogens is 294 g/mol. The summed E-state index contributed by atoms with van der Waals surface area (Å²) in [5.41, 5.74) is 0. The summed E-state index contributed by atoms with van der Waals surface area (Å²) in [6.07, 6.45) is 4.26. The van der Waals surface area contributed by atoms with E-state index in [-0.39, 0.29) is 24.5 Å². The molecule has 0 aliphatic carbocycles. The largest absolute Gasteiger partial charge is 0.468 e. The molecule has 2 aliphatic rings. The van der Waals surface area contributed by atoms with Crippen LogP contribution in [0.2, 0.25) is 0 Å². The van der Waals surface area contributed by atoms with Gasteiger partial charge >= 0.3 is 0 Å². The molecule has 21 heavy (non-hydrogen) atoms. The van der Waals surface area contributed by atoms with E-state index in [0.29, 0.717) is 25.1 Å². The minimum absolute atomic E-state index is 0.0196. The Labute approximate surface area is 123 Å². The maximum atomic E-state index is 12.4. The van der Waals surface area contributed by atoms with Crippen molar-refractivity contribution < 1.29 is 17.6 Å². The lowest BCUT2D eigenvalue weighted by Crippen LogP contribution is -2.45. The third-order valence-corrected chi connectivity index (χ3v) is 5.57. The van der Waals surface area contributed by atoms with Gasteiger partial charge in [-0.05, 0) is 31.4 Å². The Morgan fingerprint density at radius 3 is 2.95 bits per heavy atom. The van der Waals surface area contributed by atoms with Gasteiger partial charge < -0.3 is 9.73 Å². The molecular formula is C13H19N3O4S. The molecule has 7 nitrogen and oxygen atoms in total. The van der Waals surface area contributed by atoms with Crippen LogP contribution in [0.4, 0.5) is 0 Å². The lowest BCUT2D eigenvalue weighted by atomic mass is 10.2. The number of amides is 1. The lowest BCUT2D eigenvalue weighted by molar-refractivity contribution is -0.119. The molecule has 116 valence electrons. The highest BCUT2D eigenvalue weighted by Gasteiger charge is 2.37. The molecule has 2 saturated heterocycles. The van der Waals surface area contributed by atoms with Crippen molar-refractivity contribution in [3.8, 4) is 0 Å². The van der Waals surface area contributed by atoms with Gasteiger partial charge in [0, 0.05) is 25.6 Å². The fraction of sp³-hybridized carbons (Fsp3) is 0.615. The first-order valence-electron chi connectivity index (χ1n) is 7.15. The van der Waals surface area contributed by atoms with E-state index in [2.05, 4.69) is 10.0 Å². The monoisotopic (exact) mass is 313 g/mol. The number of furan rings is 1. The van der Waals surface area contributed by atoms with Crippen LogP contribution in [-0.2, 0) is 15.0 Å². The topological polar surface area (TPSA) is 91.7 Å².